The van der Waals surface area contributed by atoms with Crippen molar-refractivity contribution in [1.82, 2.24) is 74.2 Å². The normalized spacial score (nSPS) is 12.8. The number of hydrogen-bond acceptors (Lipinski definition) is 18. The number of fused-ring (bicyclic) bond motifs is 5. The fourth-order valence-corrected chi connectivity index (χ4v) is 18.7. The summed E-state index contributed by atoms with van der Waals surface area (Å²) in [6, 6.07) is 90.7. The highest BCUT2D eigenvalue weighted by Crippen LogP contribution is 2.41. The first kappa shape index (κ1) is 93.9. The molecule has 0 amide bonds. The molecular weight excluding hydrogens is 1770 g/mol. The van der Waals surface area contributed by atoms with E-state index in [0.717, 1.165) is 233 Å². The number of ether oxygens (including phenoxy) is 1. The van der Waals surface area contributed by atoms with Gasteiger partial charge in [-0.1, -0.05) is 114 Å². The third-order valence-electron chi connectivity index (χ3n) is 25.6. The number of halogens is 3. The average Bonchev–Trinajstić information content (AvgIpc) is 1.70. The van der Waals surface area contributed by atoms with Crippen LogP contribution in [0.15, 0.2) is 359 Å². The summed E-state index contributed by atoms with van der Waals surface area (Å²) < 4.78 is 50.2. The number of anilines is 2. The number of morpholine rings is 1. The Balaban J connectivity index is 0.000000113. The number of piperidine rings is 1. The number of aryl methyl sites for hydroxylation is 6. The molecule has 698 valence electrons. The van der Waals surface area contributed by atoms with E-state index in [1.807, 2.05) is 146 Å². The summed E-state index contributed by atoms with van der Waals surface area (Å²) >= 11 is 1.63. The highest BCUT2D eigenvalue weighted by Gasteiger charge is 2.23. The van der Waals surface area contributed by atoms with Gasteiger partial charge in [0.15, 0.2) is 0 Å². The highest BCUT2D eigenvalue weighted by molar-refractivity contribution is 7.16. The Bertz CT molecular complexity index is 8000. The van der Waals surface area contributed by atoms with Gasteiger partial charge in [0.1, 0.15) is 17.5 Å². The van der Waals surface area contributed by atoms with Gasteiger partial charge in [-0.3, -0.25) is 54.7 Å². The zero-order valence-corrected chi connectivity index (χ0v) is 80.1. The fourth-order valence-electron chi connectivity index (χ4n) is 18.0. The lowest BCUT2D eigenvalue weighted by Crippen LogP contribution is -2.37. The molecule has 0 radical (unpaired) electrons. The summed E-state index contributed by atoms with van der Waals surface area (Å²) in [5.41, 5.74) is 34.1. The van der Waals surface area contributed by atoms with Gasteiger partial charge in [0, 0.05) is 161 Å². The zero-order valence-electron chi connectivity index (χ0n) is 79.3. The average molecular weight is 1880 g/mol. The maximum Gasteiger partial charge on any atom is 0.126 e. The summed E-state index contributed by atoms with van der Waals surface area (Å²) in [7, 11) is 2.17. The van der Waals surface area contributed by atoms with Crippen LogP contribution < -0.4 is 10.6 Å². The van der Waals surface area contributed by atoms with E-state index < -0.39 is 0 Å². The number of benzene rings is 10. The van der Waals surface area contributed by atoms with Gasteiger partial charge in [-0.15, -0.1) is 11.3 Å². The number of nitrogens with zero attached hydrogens (tertiary/aromatic N) is 15. The van der Waals surface area contributed by atoms with Gasteiger partial charge in [0.05, 0.1) is 122 Å². The van der Waals surface area contributed by atoms with Crippen molar-refractivity contribution in [1.29, 1.82) is 0 Å². The van der Waals surface area contributed by atoms with E-state index in [9.17, 15) is 13.2 Å². The number of pyridine rings is 8. The van der Waals surface area contributed by atoms with Crippen molar-refractivity contribution in [2.24, 2.45) is 0 Å². The molecular formula is C119H104F3N17OS. The minimum absolute atomic E-state index is 0.197. The van der Waals surface area contributed by atoms with Crippen molar-refractivity contribution >= 4 is 76.5 Å². The van der Waals surface area contributed by atoms with Crippen LogP contribution in [-0.2, 0) is 17.8 Å². The van der Waals surface area contributed by atoms with Crippen molar-refractivity contribution in [2.45, 2.75) is 73.0 Å². The summed E-state index contributed by atoms with van der Waals surface area (Å²) in [6.07, 6.45) is 27.0. The first-order valence-corrected chi connectivity index (χ1v) is 48.3. The summed E-state index contributed by atoms with van der Waals surface area (Å²) in [6.45, 7) is 18.2. The maximum atomic E-state index is 13.9. The van der Waals surface area contributed by atoms with Gasteiger partial charge in [0.2, 0.25) is 0 Å². The molecule has 2 N–H and O–H groups in total. The fraction of sp³-hybridized carbons (Fsp3) is 0.160. The molecule has 2 aliphatic rings. The molecule has 18 nitrogen and oxygen atoms in total. The largest absolute Gasteiger partial charge is 0.381 e. The van der Waals surface area contributed by atoms with Crippen LogP contribution in [0.4, 0.5) is 24.5 Å². The van der Waals surface area contributed by atoms with Gasteiger partial charge in [-0.2, -0.15) is 0 Å². The van der Waals surface area contributed by atoms with E-state index in [2.05, 4.69) is 236 Å². The van der Waals surface area contributed by atoms with Crippen molar-refractivity contribution in [3.63, 3.8) is 0 Å². The third-order valence-corrected chi connectivity index (χ3v) is 26.4. The first-order chi connectivity index (χ1) is 69.0. The Morgan fingerprint density at radius 3 is 1.40 bits per heavy atom. The summed E-state index contributed by atoms with van der Waals surface area (Å²) in [5, 5.41) is 11.7. The second-order valence-electron chi connectivity index (χ2n) is 35.6. The minimum Gasteiger partial charge on any atom is -0.381 e. The smallest absolute Gasteiger partial charge is 0.126 e. The van der Waals surface area contributed by atoms with Gasteiger partial charge in [0.25, 0.3) is 0 Å². The van der Waals surface area contributed by atoms with Crippen molar-refractivity contribution in [3.8, 4) is 112 Å². The molecule has 0 aliphatic carbocycles. The number of thiazole rings is 1. The lowest BCUT2D eigenvalue weighted by molar-refractivity contribution is 0.0369. The molecule has 21 aromatic rings. The first-order valence-electron chi connectivity index (χ1n) is 47.4. The van der Waals surface area contributed by atoms with Gasteiger partial charge in [-0.25, -0.2) is 23.1 Å². The second kappa shape index (κ2) is 44.1. The second-order valence-corrected chi connectivity index (χ2v) is 36.5. The van der Waals surface area contributed by atoms with Gasteiger partial charge < -0.3 is 24.8 Å². The predicted molar refractivity (Wildman–Crippen MR) is 567 cm³/mol. The standard InChI is InChI=1S/C26H20FN5.C26H28N4O.C25H25FN4S.C21H15FN2.C21H16N2/c1-17-12-19(5-7-23(17)27)26-22(18-6-8-24-25(13-18)30-11-10-29-24)14-21(16-32-26)31-15-20-4-2-3-9-28-20;1-20-5-2-6-22(17-20)26-23(7-3-10-27-26)21-8-9-24-25(18-21)30(19-28-24)12-4-11-29-13-15-31-16-14-29;1-16-11-18(3-5-22(16)26)25-21(17-4-6-23-24(12-17)31-15-28-23)13-20(14-27-25)29-19-7-9-30(2)10-8-19;1-14-11-17(6-7-20(14)22)21-19(3-2-9-24-21)16-4-5-18-13-23-10-8-15(18)12-16;1-15-4-2-5-18(12-15)21-20(6-3-10-23-21)17-7-8-19-14-22-11-9-16(19)13-17/h2-14,16,31H,15H2,1H3;2-3,5-10,17-19H,4,11-16H2,1H3;3-6,11-15,19,29H,7-10H2,1-2H3;2-13H,1H3;2-14H,1H3. The SMILES string of the molecule is Cc1cc(-c2ncc(NC3CCN(C)CC3)cc2-c2ccc3ncsc3c2)ccc1F.Cc1cc(-c2ncc(NCc3ccccn3)cc2-c2ccc3nccnc3c2)ccc1F.Cc1cc(-c2ncccc2-c2ccc3cnccc3c2)ccc1F.Cc1cccc(-c2ncccc2-c2ccc3cnccc3c2)c1.Cc1cccc(-c2ncccc2-c2ccc3ncn(CCCN4CCOCC4)c3c2)c1. The molecule has 0 spiro atoms. The van der Waals surface area contributed by atoms with E-state index in [1.165, 1.54) is 51.4 Å². The molecule has 0 atom stereocenters. The summed E-state index contributed by atoms with van der Waals surface area (Å²) in [5.74, 6) is -0.628. The van der Waals surface area contributed by atoms with Crippen LogP contribution >= 0.6 is 11.3 Å². The Labute approximate surface area is 822 Å². The Kier molecular flexibility index (Phi) is 29.4. The molecule has 0 bridgehead atoms. The highest BCUT2D eigenvalue weighted by atomic mass is 32.1. The van der Waals surface area contributed by atoms with Crippen LogP contribution in [0.1, 0.15) is 52.8 Å². The van der Waals surface area contributed by atoms with Crippen molar-refractivity contribution < 1.29 is 17.9 Å². The number of hydrogen-bond donors (Lipinski definition) is 2. The number of imidazole rings is 1. The topological polar surface area (TPSA) is 199 Å². The number of likely N-dealkylation sites (tertiary alicyclic amines) is 1. The van der Waals surface area contributed by atoms with Crippen LogP contribution in [0.3, 0.4) is 0 Å². The van der Waals surface area contributed by atoms with E-state index >= 15 is 0 Å². The molecule has 2 aliphatic heterocycles. The molecule has 10 aromatic carbocycles. The van der Waals surface area contributed by atoms with Crippen LogP contribution in [0, 0.1) is 52.1 Å². The van der Waals surface area contributed by atoms with Crippen molar-refractivity contribution in [2.75, 3.05) is 63.6 Å². The lowest BCUT2D eigenvalue weighted by Gasteiger charge is -2.30. The quantitative estimate of drug-likeness (QED) is 0.0774. The Morgan fingerprint density at radius 2 is 0.844 bits per heavy atom. The molecule has 22 heteroatoms. The molecule has 23 rings (SSSR count). The number of nitrogens with one attached hydrogen (secondary N) is 2. The van der Waals surface area contributed by atoms with Crippen LogP contribution in [0.25, 0.3) is 166 Å². The molecule has 11 aromatic heterocycles. The predicted octanol–water partition coefficient (Wildman–Crippen LogP) is 27.3. The van der Waals surface area contributed by atoms with Crippen LogP contribution in [-0.4, -0.2) is 133 Å². The van der Waals surface area contributed by atoms with Crippen LogP contribution in [0.2, 0.25) is 0 Å². The van der Waals surface area contributed by atoms with Gasteiger partial charge >= 0.3 is 0 Å². The Hall–Kier alpha value is -16.1. The molecule has 13 heterocycles. The molecule has 2 saturated heterocycles. The minimum atomic E-state index is -0.232. The number of rotatable bonds is 19. The monoisotopic (exact) mass is 1880 g/mol. The molecule has 0 saturated carbocycles. The number of aromatic nitrogens is 13. The van der Waals surface area contributed by atoms with Gasteiger partial charge in [-0.05, 0) is 299 Å². The zero-order chi connectivity index (χ0) is 96.5. The Morgan fingerprint density at radius 1 is 0.355 bits per heavy atom. The third kappa shape index (κ3) is 22.8. The lowest BCUT2D eigenvalue weighted by atomic mass is 9.97. The van der Waals surface area contributed by atoms with Crippen LogP contribution in [0.5, 0.6) is 0 Å². The molecule has 2 fully saturated rings. The van der Waals surface area contributed by atoms with E-state index in [1.54, 1.807) is 81.4 Å². The summed E-state index contributed by atoms with van der Waals surface area (Å²) in [4.78, 5) is 58.8. The van der Waals surface area contributed by atoms with E-state index in [4.69, 9.17) is 19.7 Å². The van der Waals surface area contributed by atoms with E-state index in [-0.39, 0.29) is 17.5 Å². The molecule has 141 heavy (non-hydrogen) atoms. The maximum absolute atomic E-state index is 13.9. The van der Waals surface area contributed by atoms with Crippen molar-refractivity contribution in [3.05, 3.63) is 410 Å². The molecule has 0 unspecified atom stereocenters. The van der Waals surface area contributed by atoms with E-state index in [0.29, 0.717) is 29.3 Å².